The van der Waals surface area contributed by atoms with Gasteiger partial charge in [0.25, 0.3) is 0 Å². The number of rotatable bonds is 0. The number of likely N-dealkylation sites (tertiary alicyclic amines) is 1. The summed E-state index contributed by atoms with van der Waals surface area (Å²) in [6.45, 7) is 3.75. The summed E-state index contributed by atoms with van der Waals surface area (Å²) in [4.78, 5) is 2.58. The van der Waals surface area contributed by atoms with Gasteiger partial charge in [0.05, 0.1) is 0 Å². The molecule has 58 valence electrons. The van der Waals surface area contributed by atoms with E-state index in [2.05, 4.69) is 18.9 Å². The molecule has 0 bridgehead atoms. The summed E-state index contributed by atoms with van der Waals surface area (Å²) >= 11 is 0. The molecule has 1 spiro atoms. The van der Waals surface area contributed by atoms with E-state index < -0.39 is 0 Å². The fraction of sp³-hybridized carbons (Fsp3) is 1.00. The molecule has 0 aromatic heterocycles. The molecule has 2 atom stereocenters. The molecule has 1 aliphatic heterocycles. The van der Waals surface area contributed by atoms with Crippen LogP contribution in [0.4, 0.5) is 0 Å². The molecule has 1 nitrogen and oxygen atoms in total. The maximum absolute atomic E-state index is 2.58. The van der Waals surface area contributed by atoms with Gasteiger partial charge in [-0.05, 0) is 45.2 Å². The molecule has 1 aliphatic carbocycles. The molecule has 1 heteroatoms. The first-order chi connectivity index (χ1) is 4.76. The first-order valence-electron chi connectivity index (χ1n) is 4.47. The van der Waals surface area contributed by atoms with E-state index in [0.717, 1.165) is 5.92 Å². The fourth-order valence-electron chi connectivity index (χ4n) is 2.74. The normalized spacial score (nSPS) is 48.0. The highest BCUT2D eigenvalue weighted by molar-refractivity contribution is 5.04. The standard InChI is InChI=1S/C9H17N/c1-8-4-6-9(8)5-3-7-10(9)2/h8H,3-7H2,1-2H3/t8?,9-/m0/s1. The summed E-state index contributed by atoms with van der Waals surface area (Å²) in [5, 5.41) is 0. The van der Waals surface area contributed by atoms with Crippen LogP contribution in [-0.2, 0) is 0 Å². The van der Waals surface area contributed by atoms with Crippen molar-refractivity contribution in [3.63, 3.8) is 0 Å². The van der Waals surface area contributed by atoms with E-state index in [4.69, 9.17) is 0 Å². The first-order valence-corrected chi connectivity index (χ1v) is 4.47. The first kappa shape index (κ1) is 6.66. The Morgan fingerprint density at radius 2 is 2.20 bits per heavy atom. The molecule has 2 aliphatic rings. The predicted octanol–water partition coefficient (Wildman–Crippen LogP) is 1.88. The average Bonchev–Trinajstić information content (AvgIpc) is 2.30. The Balaban J connectivity index is 2.13. The number of hydrogen-bond donors (Lipinski definition) is 0. The van der Waals surface area contributed by atoms with Crippen LogP contribution in [0.25, 0.3) is 0 Å². The van der Waals surface area contributed by atoms with Crippen LogP contribution in [0.3, 0.4) is 0 Å². The van der Waals surface area contributed by atoms with Gasteiger partial charge in [0.1, 0.15) is 0 Å². The van der Waals surface area contributed by atoms with Crippen LogP contribution in [0.1, 0.15) is 32.6 Å². The second kappa shape index (κ2) is 1.97. The van der Waals surface area contributed by atoms with Gasteiger partial charge in [0, 0.05) is 5.54 Å². The summed E-state index contributed by atoms with van der Waals surface area (Å²) in [7, 11) is 2.29. The van der Waals surface area contributed by atoms with Crippen LogP contribution in [0, 0.1) is 5.92 Å². The van der Waals surface area contributed by atoms with Crippen LogP contribution >= 0.6 is 0 Å². The Kier molecular flexibility index (Phi) is 1.31. The van der Waals surface area contributed by atoms with Gasteiger partial charge < -0.3 is 4.90 Å². The lowest BCUT2D eigenvalue weighted by Gasteiger charge is -2.50. The van der Waals surface area contributed by atoms with Crippen LogP contribution in [0.5, 0.6) is 0 Å². The maximum Gasteiger partial charge on any atom is 0.0232 e. The van der Waals surface area contributed by atoms with Crippen molar-refractivity contribution in [1.82, 2.24) is 4.90 Å². The number of hydrogen-bond acceptors (Lipinski definition) is 1. The molecule has 2 rings (SSSR count). The van der Waals surface area contributed by atoms with Crippen LogP contribution in [-0.4, -0.2) is 24.0 Å². The lowest BCUT2D eigenvalue weighted by molar-refractivity contribution is 0.0141. The van der Waals surface area contributed by atoms with E-state index in [0.29, 0.717) is 5.54 Å². The van der Waals surface area contributed by atoms with Crippen molar-refractivity contribution in [2.75, 3.05) is 13.6 Å². The molecule has 0 aromatic carbocycles. The van der Waals surface area contributed by atoms with Gasteiger partial charge in [-0.1, -0.05) is 6.92 Å². The molecular weight excluding hydrogens is 122 g/mol. The summed E-state index contributed by atoms with van der Waals surface area (Å²) in [6, 6.07) is 0. The van der Waals surface area contributed by atoms with Gasteiger partial charge in [-0.3, -0.25) is 0 Å². The molecule has 1 unspecified atom stereocenters. The Bertz CT molecular complexity index is 144. The topological polar surface area (TPSA) is 3.24 Å². The smallest absolute Gasteiger partial charge is 0.0232 e. The predicted molar refractivity (Wildman–Crippen MR) is 43.0 cm³/mol. The van der Waals surface area contributed by atoms with Crippen molar-refractivity contribution in [3.8, 4) is 0 Å². The quantitative estimate of drug-likeness (QED) is 0.495. The molecule has 2 fully saturated rings. The Morgan fingerprint density at radius 1 is 1.40 bits per heavy atom. The van der Waals surface area contributed by atoms with Crippen LogP contribution < -0.4 is 0 Å². The minimum absolute atomic E-state index is 0.667. The highest BCUT2D eigenvalue weighted by atomic mass is 15.2. The van der Waals surface area contributed by atoms with E-state index in [9.17, 15) is 0 Å². The summed E-state index contributed by atoms with van der Waals surface area (Å²) in [5.41, 5.74) is 0.667. The van der Waals surface area contributed by atoms with Crippen molar-refractivity contribution in [2.24, 2.45) is 5.92 Å². The Labute approximate surface area is 63.4 Å². The van der Waals surface area contributed by atoms with Gasteiger partial charge in [-0.2, -0.15) is 0 Å². The van der Waals surface area contributed by atoms with Gasteiger partial charge in [0.2, 0.25) is 0 Å². The van der Waals surface area contributed by atoms with E-state index >= 15 is 0 Å². The minimum atomic E-state index is 0.667. The SMILES string of the molecule is CC1CC[C@@]12CCCN2C. The third-order valence-electron chi connectivity index (χ3n) is 3.79. The molecule has 1 saturated carbocycles. The van der Waals surface area contributed by atoms with Crippen molar-refractivity contribution >= 4 is 0 Å². The highest BCUT2D eigenvalue weighted by Gasteiger charge is 2.48. The van der Waals surface area contributed by atoms with E-state index in [-0.39, 0.29) is 0 Å². The third kappa shape index (κ3) is 0.619. The van der Waals surface area contributed by atoms with Gasteiger partial charge in [-0.25, -0.2) is 0 Å². The molecular formula is C9H17N. The zero-order valence-electron chi connectivity index (χ0n) is 7.06. The van der Waals surface area contributed by atoms with E-state index in [1.165, 1.54) is 32.2 Å². The summed E-state index contributed by atoms with van der Waals surface area (Å²) < 4.78 is 0. The molecule has 10 heavy (non-hydrogen) atoms. The van der Waals surface area contributed by atoms with Crippen molar-refractivity contribution < 1.29 is 0 Å². The third-order valence-corrected chi connectivity index (χ3v) is 3.79. The van der Waals surface area contributed by atoms with Crippen molar-refractivity contribution in [2.45, 2.75) is 38.1 Å². The summed E-state index contributed by atoms with van der Waals surface area (Å²) in [5.74, 6) is 0.972. The minimum Gasteiger partial charge on any atom is -0.300 e. The Morgan fingerprint density at radius 3 is 2.40 bits per heavy atom. The van der Waals surface area contributed by atoms with Crippen molar-refractivity contribution in [3.05, 3.63) is 0 Å². The van der Waals surface area contributed by atoms with Gasteiger partial charge in [-0.15, -0.1) is 0 Å². The zero-order chi connectivity index (χ0) is 7.19. The highest BCUT2D eigenvalue weighted by Crippen LogP contribution is 2.48. The number of nitrogens with zero attached hydrogens (tertiary/aromatic N) is 1. The van der Waals surface area contributed by atoms with Crippen LogP contribution in [0.15, 0.2) is 0 Å². The maximum atomic E-state index is 2.58. The van der Waals surface area contributed by atoms with Gasteiger partial charge in [0.15, 0.2) is 0 Å². The van der Waals surface area contributed by atoms with Gasteiger partial charge >= 0.3 is 0 Å². The van der Waals surface area contributed by atoms with Crippen LogP contribution in [0.2, 0.25) is 0 Å². The van der Waals surface area contributed by atoms with E-state index in [1.807, 2.05) is 0 Å². The molecule has 1 heterocycles. The second-order valence-corrected chi connectivity index (χ2v) is 4.07. The largest absolute Gasteiger partial charge is 0.300 e. The average molecular weight is 139 g/mol. The summed E-state index contributed by atoms with van der Waals surface area (Å²) in [6.07, 6.45) is 5.82. The molecule has 0 aromatic rings. The molecule has 0 N–H and O–H groups in total. The molecule has 0 radical (unpaired) electrons. The molecule has 1 saturated heterocycles. The Hall–Kier alpha value is -0.0400. The molecule has 0 amide bonds. The van der Waals surface area contributed by atoms with E-state index in [1.54, 1.807) is 0 Å². The lowest BCUT2D eigenvalue weighted by Crippen LogP contribution is -2.53. The second-order valence-electron chi connectivity index (χ2n) is 4.07. The zero-order valence-corrected chi connectivity index (χ0v) is 7.06. The van der Waals surface area contributed by atoms with Crippen molar-refractivity contribution in [1.29, 1.82) is 0 Å². The lowest BCUT2D eigenvalue weighted by atomic mass is 9.66. The fourth-order valence-corrected chi connectivity index (χ4v) is 2.74. The monoisotopic (exact) mass is 139 g/mol.